The van der Waals surface area contributed by atoms with Crippen LogP contribution in [-0.2, 0) is 14.8 Å². The summed E-state index contributed by atoms with van der Waals surface area (Å²) >= 11 is 0. The number of amides is 1. The molecule has 4 aliphatic carbocycles. The fraction of sp³-hybridized carbons (Fsp3) is 0.714. The molecule has 2 N–H and O–H groups in total. The van der Waals surface area contributed by atoms with Crippen LogP contribution in [0.3, 0.4) is 0 Å². The molecule has 0 radical (unpaired) electrons. The van der Waals surface area contributed by atoms with E-state index in [1.807, 2.05) is 0 Å². The minimum absolute atomic E-state index is 0.0414. The normalized spacial score (nSPS) is 41.6. The van der Waals surface area contributed by atoms with Gasteiger partial charge < -0.3 is 10.4 Å². The lowest BCUT2D eigenvalue weighted by atomic mass is 9.52. The SMILES string of the molecule is C[C@]1(C(=O)NC2[C@@H]3CC4C[C@H]2CC(O)(C4)C3)CCCN1S(=O)(=O)c1cccnc1. The average molecular weight is 420 g/mol. The largest absolute Gasteiger partial charge is 0.390 e. The Morgan fingerprint density at radius 3 is 2.62 bits per heavy atom. The zero-order valence-electron chi connectivity index (χ0n) is 16.8. The van der Waals surface area contributed by atoms with Crippen LogP contribution in [0.1, 0.15) is 51.9 Å². The second-order valence-electron chi connectivity index (χ2n) is 9.84. The summed E-state index contributed by atoms with van der Waals surface area (Å²) in [5.41, 5.74) is -1.65. The lowest BCUT2D eigenvalue weighted by Crippen LogP contribution is -2.65. The molecule has 3 unspecified atom stereocenters. The van der Waals surface area contributed by atoms with Gasteiger partial charge in [0.25, 0.3) is 0 Å². The predicted octanol–water partition coefficient (Wildman–Crippen LogP) is 1.68. The molecule has 1 amide bonds. The van der Waals surface area contributed by atoms with E-state index >= 15 is 0 Å². The topological polar surface area (TPSA) is 99.6 Å². The highest BCUT2D eigenvalue weighted by molar-refractivity contribution is 7.89. The molecule has 6 atom stereocenters. The molecule has 158 valence electrons. The van der Waals surface area contributed by atoms with Gasteiger partial charge in [-0.05, 0) is 81.8 Å². The molecule has 5 fully saturated rings. The molecule has 1 saturated heterocycles. The maximum Gasteiger partial charge on any atom is 0.245 e. The van der Waals surface area contributed by atoms with E-state index in [0.29, 0.717) is 37.1 Å². The first-order chi connectivity index (χ1) is 13.7. The van der Waals surface area contributed by atoms with Crippen LogP contribution in [0.4, 0.5) is 0 Å². The number of hydrogen-bond donors (Lipinski definition) is 2. The average Bonchev–Trinajstić information content (AvgIpc) is 3.08. The van der Waals surface area contributed by atoms with E-state index in [0.717, 1.165) is 32.1 Å². The fourth-order valence-corrected chi connectivity index (χ4v) is 8.47. The number of pyridine rings is 1. The van der Waals surface area contributed by atoms with Gasteiger partial charge in [-0.1, -0.05) is 0 Å². The van der Waals surface area contributed by atoms with Crippen molar-refractivity contribution >= 4 is 15.9 Å². The van der Waals surface area contributed by atoms with Crippen LogP contribution in [0.5, 0.6) is 0 Å². The van der Waals surface area contributed by atoms with Crippen LogP contribution < -0.4 is 5.32 Å². The second-order valence-corrected chi connectivity index (χ2v) is 11.7. The fourth-order valence-electron chi connectivity index (χ4n) is 6.70. The summed E-state index contributed by atoms with van der Waals surface area (Å²) in [5, 5.41) is 14.0. The molecule has 2 heterocycles. The van der Waals surface area contributed by atoms with E-state index < -0.39 is 21.2 Å². The van der Waals surface area contributed by atoms with Crippen molar-refractivity contribution in [2.45, 2.75) is 73.9 Å². The predicted molar refractivity (Wildman–Crippen MR) is 106 cm³/mol. The van der Waals surface area contributed by atoms with E-state index in [1.165, 1.54) is 22.8 Å². The first kappa shape index (κ1) is 19.5. The number of hydrogen-bond acceptors (Lipinski definition) is 5. The van der Waals surface area contributed by atoms with Gasteiger partial charge in [-0.15, -0.1) is 0 Å². The van der Waals surface area contributed by atoms with Gasteiger partial charge in [-0.25, -0.2) is 8.42 Å². The Kier molecular flexibility index (Phi) is 4.35. The van der Waals surface area contributed by atoms with Gasteiger partial charge in [0.15, 0.2) is 0 Å². The first-order valence-electron chi connectivity index (χ1n) is 10.7. The van der Waals surface area contributed by atoms with Crippen LogP contribution >= 0.6 is 0 Å². The first-order valence-corrected chi connectivity index (χ1v) is 12.1. The van der Waals surface area contributed by atoms with Crippen molar-refractivity contribution in [3.8, 4) is 0 Å². The molecule has 8 heteroatoms. The summed E-state index contributed by atoms with van der Waals surface area (Å²) in [5.74, 6) is 0.953. The molecule has 7 nitrogen and oxygen atoms in total. The van der Waals surface area contributed by atoms with Crippen molar-refractivity contribution in [1.82, 2.24) is 14.6 Å². The molecule has 0 aromatic carbocycles. The molecule has 1 aliphatic heterocycles. The van der Waals surface area contributed by atoms with Crippen molar-refractivity contribution < 1.29 is 18.3 Å². The Morgan fingerprint density at radius 1 is 1.28 bits per heavy atom. The number of rotatable bonds is 4. The number of nitrogens with one attached hydrogen (secondary N) is 1. The van der Waals surface area contributed by atoms with E-state index in [4.69, 9.17) is 0 Å². The molecule has 29 heavy (non-hydrogen) atoms. The zero-order valence-corrected chi connectivity index (χ0v) is 17.6. The van der Waals surface area contributed by atoms with E-state index in [9.17, 15) is 18.3 Å². The number of aromatic nitrogens is 1. The standard InChI is InChI=1S/C21H29N3O4S/c1-20(5-3-7-24(20)29(27,28)17-4-2-6-22-13-17)19(25)23-18-15-8-14-9-16(18)12-21(26,10-14)11-15/h2,4,6,13-16,18,26H,3,5,7-12H2,1H3,(H,23,25)/t14?,15-,16+,18?,20-,21?/m1/s1. The summed E-state index contributed by atoms with van der Waals surface area (Å²) in [6.45, 7) is 2.08. The minimum atomic E-state index is -3.79. The molecule has 5 aliphatic rings. The van der Waals surface area contributed by atoms with Crippen LogP contribution in [-0.4, -0.2) is 52.4 Å². The van der Waals surface area contributed by atoms with Crippen molar-refractivity contribution in [3.05, 3.63) is 24.5 Å². The van der Waals surface area contributed by atoms with Gasteiger partial charge in [0, 0.05) is 25.0 Å². The highest BCUT2D eigenvalue weighted by Crippen LogP contribution is 2.55. The maximum absolute atomic E-state index is 13.4. The molecule has 0 spiro atoms. The van der Waals surface area contributed by atoms with Gasteiger partial charge in [0.1, 0.15) is 10.4 Å². The van der Waals surface area contributed by atoms with E-state index in [-0.39, 0.29) is 16.8 Å². The summed E-state index contributed by atoms with van der Waals surface area (Å²) in [4.78, 5) is 17.5. The number of nitrogens with zero attached hydrogens (tertiary/aromatic N) is 2. The smallest absolute Gasteiger partial charge is 0.245 e. The summed E-state index contributed by atoms with van der Waals surface area (Å²) in [6.07, 6.45) is 8.54. The molecule has 4 bridgehead atoms. The highest BCUT2D eigenvalue weighted by Gasteiger charge is 2.57. The third-order valence-electron chi connectivity index (χ3n) is 7.83. The number of carbonyl (C=O) groups is 1. The van der Waals surface area contributed by atoms with Gasteiger partial charge in [-0.3, -0.25) is 9.78 Å². The van der Waals surface area contributed by atoms with Crippen molar-refractivity contribution in [2.75, 3.05) is 6.54 Å². The Labute approximate surface area is 171 Å². The molecular weight excluding hydrogens is 390 g/mol. The molecule has 6 rings (SSSR count). The Morgan fingerprint density at radius 2 is 2.00 bits per heavy atom. The molecule has 4 saturated carbocycles. The van der Waals surface area contributed by atoms with E-state index in [1.54, 1.807) is 13.0 Å². The van der Waals surface area contributed by atoms with Crippen LogP contribution in [0, 0.1) is 17.8 Å². The van der Waals surface area contributed by atoms with Gasteiger partial charge >= 0.3 is 0 Å². The number of carbonyl (C=O) groups excluding carboxylic acids is 1. The summed E-state index contributed by atoms with van der Waals surface area (Å²) in [7, 11) is -3.79. The van der Waals surface area contributed by atoms with Gasteiger partial charge in [0.2, 0.25) is 15.9 Å². The quantitative estimate of drug-likeness (QED) is 0.774. The highest BCUT2D eigenvalue weighted by atomic mass is 32.2. The minimum Gasteiger partial charge on any atom is -0.390 e. The number of sulfonamides is 1. The summed E-state index contributed by atoms with van der Waals surface area (Å²) < 4.78 is 27.8. The third-order valence-corrected chi connectivity index (χ3v) is 9.83. The Bertz CT molecular complexity index is 905. The van der Waals surface area contributed by atoms with Gasteiger partial charge in [-0.2, -0.15) is 4.31 Å². The van der Waals surface area contributed by atoms with Crippen LogP contribution in [0.15, 0.2) is 29.4 Å². The zero-order chi connectivity index (χ0) is 20.4. The van der Waals surface area contributed by atoms with Crippen LogP contribution in [0.25, 0.3) is 0 Å². The van der Waals surface area contributed by atoms with Crippen LogP contribution in [0.2, 0.25) is 0 Å². The Balaban J connectivity index is 1.38. The van der Waals surface area contributed by atoms with E-state index in [2.05, 4.69) is 10.3 Å². The monoisotopic (exact) mass is 419 g/mol. The molecule has 1 aromatic rings. The lowest BCUT2D eigenvalue weighted by Gasteiger charge is -2.58. The van der Waals surface area contributed by atoms with Crippen molar-refractivity contribution in [1.29, 1.82) is 0 Å². The van der Waals surface area contributed by atoms with Crippen molar-refractivity contribution in [3.63, 3.8) is 0 Å². The van der Waals surface area contributed by atoms with Crippen molar-refractivity contribution in [2.24, 2.45) is 17.8 Å². The molecule has 1 aromatic heterocycles. The maximum atomic E-state index is 13.4. The number of aliphatic hydroxyl groups is 1. The van der Waals surface area contributed by atoms with Gasteiger partial charge in [0.05, 0.1) is 5.60 Å². The summed E-state index contributed by atoms with van der Waals surface area (Å²) in [6, 6.07) is 3.16. The lowest BCUT2D eigenvalue weighted by molar-refractivity contribution is -0.150. The molecular formula is C21H29N3O4S. The third kappa shape index (κ3) is 3.02. The second kappa shape index (κ2) is 6.49. The Hall–Kier alpha value is -1.51.